The number of H-pyrrole nitrogens is 1. The third-order valence-corrected chi connectivity index (χ3v) is 4.14. The molecule has 0 spiro atoms. The largest absolute Gasteiger partial charge is 0.336 e. The van der Waals surface area contributed by atoms with Crippen molar-refractivity contribution < 1.29 is 4.79 Å². The van der Waals surface area contributed by atoms with E-state index in [4.69, 9.17) is 0 Å². The molecule has 1 fully saturated rings. The quantitative estimate of drug-likeness (QED) is 0.753. The highest BCUT2D eigenvalue weighted by molar-refractivity contribution is 5.90. The molecule has 0 saturated carbocycles. The Morgan fingerprint density at radius 3 is 2.56 bits per heavy atom. The summed E-state index contributed by atoms with van der Waals surface area (Å²) < 4.78 is 1.61. The Bertz CT molecular complexity index is 863. The lowest BCUT2D eigenvalue weighted by Crippen LogP contribution is -2.49. The third-order valence-electron chi connectivity index (χ3n) is 4.14. The fourth-order valence-electron chi connectivity index (χ4n) is 2.79. The van der Waals surface area contributed by atoms with E-state index < -0.39 is 0 Å². The molecule has 2 aromatic heterocycles. The van der Waals surface area contributed by atoms with Gasteiger partial charge < -0.3 is 9.80 Å². The van der Waals surface area contributed by atoms with Gasteiger partial charge in [-0.15, -0.1) is 10.2 Å². The van der Waals surface area contributed by atoms with Crippen LogP contribution in [0.3, 0.4) is 0 Å². The number of carbonyl (C=O) groups excluding carboxylic acids is 1. The van der Waals surface area contributed by atoms with Crippen molar-refractivity contribution in [3.63, 3.8) is 0 Å². The minimum atomic E-state index is -0.152. The second-order valence-corrected chi connectivity index (χ2v) is 5.85. The summed E-state index contributed by atoms with van der Waals surface area (Å²) in [6, 6.07) is 9.61. The smallest absolute Gasteiger partial charge is 0.293 e. The van der Waals surface area contributed by atoms with Gasteiger partial charge in [-0.2, -0.15) is 4.98 Å². The first-order valence-electron chi connectivity index (χ1n) is 8.11. The van der Waals surface area contributed by atoms with Crippen LogP contribution in [0.25, 0.3) is 5.69 Å². The molecule has 0 bridgehead atoms. The van der Waals surface area contributed by atoms with Crippen LogP contribution in [0.2, 0.25) is 0 Å². The second-order valence-electron chi connectivity index (χ2n) is 5.85. The number of nitrogens with one attached hydrogen (secondary N) is 1. The van der Waals surface area contributed by atoms with Crippen molar-refractivity contribution in [3.05, 3.63) is 48.3 Å². The van der Waals surface area contributed by atoms with Crippen molar-refractivity contribution >= 4 is 11.9 Å². The number of para-hydroxylation sites is 1. The van der Waals surface area contributed by atoms with E-state index in [-0.39, 0.29) is 11.7 Å². The molecule has 1 aromatic carbocycles. The van der Waals surface area contributed by atoms with Gasteiger partial charge in [0.15, 0.2) is 0 Å². The molecule has 4 rings (SSSR count). The lowest BCUT2D eigenvalue weighted by Gasteiger charge is -2.33. The highest BCUT2D eigenvalue weighted by atomic mass is 16.2. The molecule has 128 valence electrons. The van der Waals surface area contributed by atoms with E-state index in [9.17, 15) is 4.79 Å². The number of nitrogens with zero attached hydrogens (tertiary/aromatic N) is 7. The maximum Gasteiger partial charge on any atom is 0.293 e. The maximum absolute atomic E-state index is 12.6. The number of anilines is 1. The van der Waals surface area contributed by atoms with Gasteiger partial charge in [-0.25, -0.2) is 9.67 Å². The van der Waals surface area contributed by atoms with Crippen molar-refractivity contribution in [1.29, 1.82) is 0 Å². The van der Waals surface area contributed by atoms with Crippen LogP contribution >= 0.6 is 0 Å². The van der Waals surface area contributed by atoms with E-state index in [1.165, 1.54) is 0 Å². The van der Waals surface area contributed by atoms with Gasteiger partial charge >= 0.3 is 0 Å². The summed E-state index contributed by atoms with van der Waals surface area (Å²) >= 11 is 0. The van der Waals surface area contributed by atoms with Crippen LogP contribution in [-0.2, 0) is 0 Å². The van der Waals surface area contributed by atoms with Crippen molar-refractivity contribution in [2.45, 2.75) is 6.92 Å². The zero-order valence-corrected chi connectivity index (χ0v) is 13.8. The fraction of sp³-hybridized carbons (Fsp3) is 0.312. The summed E-state index contributed by atoms with van der Waals surface area (Å²) in [4.78, 5) is 24.9. The lowest BCUT2D eigenvalue weighted by atomic mass is 10.3. The number of benzene rings is 1. The number of aromatic amines is 1. The maximum atomic E-state index is 12.6. The normalized spacial score (nSPS) is 14.8. The number of carbonyl (C=O) groups is 1. The molecular formula is C16H18N8O. The van der Waals surface area contributed by atoms with Crippen LogP contribution in [0, 0.1) is 6.92 Å². The van der Waals surface area contributed by atoms with E-state index in [1.54, 1.807) is 15.9 Å². The molecule has 0 atom stereocenters. The Kier molecular flexibility index (Phi) is 3.88. The van der Waals surface area contributed by atoms with Gasteiger partial charge in [-0.3, -0.25) is 9.89 Å². The molecule has 9 heteroatoms. The highest BCUT2D eigenvalue weighted by Gasteiger charge is 2.26. The predicted molar refractivity (Wildman–Crippen MR) is 90.6 cm³/mol. The Morgan fingerprint density at radius 1 is 1.12 bits per heavy atom. The first-order chi connectivity index (χ1) is 12.2. The standard InChI is InChI=1S/C16H18N8O/c1-12-18-16(20-19-12)23-9-7-22(8-10-23)15(25)14-17-11-24(21-14)13-5-3-2-4-6-13/h2-6,11H,7-10H2,1H3,(H,18,19,20). The molecule has 1 amide bonds. The van der Waals surface area contributed by atoms with E-state index in [0.717, 1.165) is 11.5 Å². The molecule has 0 radical (unpaired) electrons. The molecule has 3 aromatic rings. The van der Waals surface area contributed by atoms with Gasteiger partial charge in [0, 0.05) is 26.2 Å². The van der Waals surface area contributed by atoms with Gasteiger partial charge in [0.2, 0.25) is 11.8 Å². The molecule has 0 aliphatic carbocycles. The number of amides is 1. The third kappa shape index (κ3) is 3.08. The Balaban J connectivity index is 1.42. The van der Waals surface area contributed by atoms with Crippen LogP contribution in [0.1, 0.15) is 16.4 Å². The topological polar surface area (TPSA) is 95.8 Å². The zero-order valence-electron chi connectivity index (χ0n) is 13.8. The van der Waals surface area contributed by atoms with Gasteiger partial charge in [0.25, 0.3) is 5.91 Å². The summed E-state index contributed by atoms with van der Waals surface area (Å²) in [5.74, 6) is 1.52. The van der Waals surface area contributed by atoms with E-state index >= 15 is 0 Å². The van der Waals surface area contributed by atoms with E-state index in [2.05, 4.69) is 30.2 Å². The summed E-state index contributed by atoms with van der Waals surface area (Å²) in [7, 11) is 0. The first kappa shape index (κ1) is 15.3. The molecule has 1 aliphatic heterocycles. The fourth-order valence-corrected chi connectivity index (χ4v) is 2.79. The first-order valence-corrected chi connectivity index (χ1v) is 8.11. The van der Waals surface area contributed by atoms with Gasteiger partial charge in [-0.05, 0) is 19.1 Å². The van der Waals surface area contributed by atoms with E-state index in [0.29, 0.717) is 32.1 Å². The van der Waals surface area contributed by atoms with Gasteiger partial charge in [0.05, 0.1) is 5.69 Å². The number of hydrogen-bond acceptors (Lipinski definition) is 6. The lowest BCUT2D eigenvalue weighted by molar-refractivity contribution is 0.0734. The SMILES string of the molecule is Cc1nc(N2CCN(C(=O)c3ncn(-c4ccccc4)n3)CC2)n[nH]1. The molecular weight excluding hydrogens is 320 g/mol. The molecule has 1 N–H and O–H groups in total. The minimum Gasteiger partial charge on any atom is -0.336 e. The molecule has 0 unspecified atom stereocenters. The van der Waals surface area contributed by atoms with Crippen molar-refractivity contribution in [2.24, 2.45) is 0 Å². The minimum absolute atomic E-state index is 0.152. The highest BCUT2D eigenvalue weighted by Crippen LogP contribution is 2.12. The number of aryl methyl sites for hydroxylation is 1. The predicted octanol–water partition coefficient (Wildman–Crippen LogP) is 0.656. The van der Waals surface area contributed by atoms with E-state index in [1.807, 2.05) is 37.3 Å². The molecule has 1 aliphatic rings. The van der Waals surface area contributed by atoms with Crippen LogP contribution in [0.15, 0.2) is 36.7 Å². The van der Waals surface area contributed by atoms with Crippen LogP contribution < -0.4 is 4.90 Å². The van der Waals surface area contributed by atoms with Gasteiger partial charge in [0.1, 0.15) is 12.2 Å². The van der Waals surface area contributed by atoms with Crippen LogP contribution in [0.5, 0.6) is 0 Å². The number of aromatic nitrogens is 6. The molecule has 1 saturated heterocycles. The number of hydrogen-bond donors (Lipinski definition) is 1. The number of piperazine rings is 1. The average molecular weight is 338 g/mol. The molecule has 3 heterocycles. The summed E-state index contributed by atoms with van der Waals surface area (Å²) in [6.07, 6.45) is 1.56. The average Bonchev–Trinajstić information content (AvgIpc) is 3.31. The van der Waals surface area contributed by atoms with Crippen LogP contribution in [-0.4, -0.2) is 66.9 Å². The number of rotatable bonds is 3. The van der Waals surface area contributed by atoms with Gasteiger partial charge in [-0.1, -0.05) is 18.2 Å². The molecule has 25 heavy (non-hydrogen) atoms. The Labute approximate surface area is 144 Å². The van der Waals surface area contributed by atoms with Crippen molar-refractivity contribution in [2.75, 3.05) is 31.1 Å². The summed E-state index contributed by atoms with van der Waals surface area (Å²) in [6.45, 7) is 4.41. The second kappa shape index (κ2) is 6.34. The molecule has 9 nitrogen and oxygen atoms in total. The summed E-state index contributed by atoms with van der Waals surface area (Å²) in [5, 5.41) is 11.3. The van der Waals surface area contributed by atoms with Crippen molar-refractivity contribution in [1.82, 2.24) is 34.8 Å². The van der Waals surface area contributed by atoms with Crippen LogP contribution in [0.4, 0.5) is 5.95 Å². The summed E-state index contributed by atoms with van der Waals surface area (Å²) in [5.41, 5.74) is 0.874. The van der Waals surface area contributed by atoms with Crippen molar-refractivity contribution in [3.8, 4) is 5.69 Å². The zero-order chi connectivity index (χ0) is 17.2. The Morgan fingerprint density at radius 2 is 1.88 bits per heavy atom. The monoisotopic (exact) mass is 338 g/mol. The Hall–Kier alpha value is -3.23.